The standard InChI is InChI=1S/C20H37N5O7/c1-16(2)11-21-17(26)12-22-3-5-23(13-18(27)28)7-9-25(15-20(31)32)10-8-24(6-4-22)14-19(29)30/h16H,3-15H2,1-2H3,(H,21,26)(H,27,28)(H,29,30)(H,31,32). The summed E-state index contributed by atoms with van der Waals surface area (Å²) in [5.74, 6) is -2.76. The zero-order valence-electron chi connectivity index (χ0n) is 19.0. The molecule has 0 radical (unpaired) electrons. The molecule has 1 heterocycles. The Bertz CT molecular complexity index is 599. The number of rotatable bonds is 10. The number of hydrogen-bond acceptors (Lipinski definition) is 8. The van der Waals surface area contributed by atoms with E-state index in [4.69, 9.17) is 0 Å². The van der Waals surface area contributed by atoms with Gasteiger partial charge in [0.15, 0.2) is 0 Å². The van der Waals surface area contributed by atoms with E-state index >= 15 is 0 Å². The molecule has 0 aromatic heterocycles. The van der Waals surface area contributed by atoms with Crippen LogP contribution in [0.1, 0.15) is 13.8 Å². The highest BCUT2D eigenvalue weighted by atomic mass is 16.4. The predicted octanol–water partition coefficient (Wildman–Crippen LogP) is -1.77. The van der Waals surface area contributed by atoms with Gasteiger partial charge in [-0.1, -0.05) is 13.8 Å². The van der Waals surface area contributed by atoms with E-state index in [0.29, 0.717) is 64.8 Å². The van der Waals surface area contributed by atoms with Gasteiger partial charge in [-0.2, -0.15) is 0 Å². The fourth-order valence-corrected chi connectivity index (χ4v) is 3.36. The molecule has 0 aromatic carbocycles. The topological polar surface area (TPSA) is 154 Å². The zero-order chi connectivity index (χ0) is 24.1. The second-order valence-electron chi connectivity index (χ2n) is 8.48. The molecule has 1 aliphatic heterocycles. The van der Waals surface area contributed by atoms with Crippen LogP contribution in [-0.2, 0) is 19.2 Å². The Balaban J connectivity index is 2.91. The monoisotopic (exact) mass is 459 g/mol. The molecule has 0 aliphatic carbocycles. The van der Waals surface area contributed by atoms with Crippen LogP contribution in [0.3, 0.4) is 0 Å². The van der Waals surface area contributed by atoms with Crippen molar-refractivity contribution in [2.45, 2.75) is 13.8 Å². The molecule has 1 fully saturated rings. The zero-order valence-corrected chi connectivity index (χ0v) is 19.0. The quantitative estimate of drug-likeness (QED) is 0.293. The molecule has 0 bridgehead atoms. The lowest BCUT2D eigenvalue weighted by Gasteiger charge is -2.32. The highest BCUT2D eigenvalue weighted by Gasteiger charge is 2.21. The van der Waals surface area contributed by atoms with Gasteiger partial charge in [-0.15, -0.1) is 0 Å². The van der Waals surface area contributed by atoms with Crippen LogP contribution in [0, 0.1) is 5.92 Å². The molecular formula is C20H37N5O7. The Kier molecular flexibility index (Phi) is 12.8. The summed E-state index contributed by atoms with van der Waals surface area (Å²) in [5.41, 5.74) is 0. The van der Waals surface area contributed by atoms with Crippen molar-refractivity contribution in [3.63, 3.8) is 0 Å². The molecule has 0 atom stereocenters. The van der Waals surface area contributed by atoms with Gasteiger partial charge in [0.25, 0.3) is 0 Å². The van der Waals surface area contributed by atoms with Gasteiger partial charge < -0.3 is 20.6 Å². The van der Waals surface area contributed by atoms with Crippen molar-refractivity contribution in [1.82, 2.24) is 24.9 Å². The first-order chi connectivity index (χ1) is 15.0. The number of nitrogens with zero attached hydrogens (tertiary/aromatic N) is 4. The van der Waals surface area contributed by atoms with Crippen LogP contribution in [0.15, 0.2) is 0 Å². The highest BCUT2D eigenvalue weighted by molar-refractivity contribution is 5.78. The Hall–Kier alpha value is -2.28. The number of carbonyl (C=O) groups excluding carboxylic acids is 1. The lowest BCUT2D eigenvalue weighted by Crippen LogP contribution is -2.50. The molecule has 4 N–H and O–H groups in total. The molecule has 0 aromatic rings. The van der Waals surface area contributed by atoms with E-state index < -0.39 is 17.9 Å². The fraction of sp³-hybridized carbons (Fsp3) is 0.800. The third kappa shape index (κ3) is 13.2. The highest BCUT2D eigenvalue weighted by Crippen LogP contribution is 2.01. The maximum absolute atomic E-state index is 12.3. The number of amides is 1. The summed E-state index contributed by atoms with van der Waals surface area (Å²) in [6.07, 6.45) is 0. The maximum Gasteiger partial charge on any atom is 0.317 e. The van der Waals surface area contributed by atoms with E-state index in [2.05, 4.69) is 5.32 Å². The summed E-state index contributed by atoms with van der Waals surface area (Å²) in [6, 6.07) is 0. The molecule has 0 saturated carbocycles. The molecule has 1 rings (SSSR count). The van der Waals surface area contributed by atoms with Gasteiger partial charge in [0.2, 0.25) is 5.91 Å². The van der Waals surface area contributed by atoms with Crippen LogP contribution in [0.25, 0.3) is 0 Å². The summed E-state index contributed by atoms with van der Waals surface area (Å²) in [6.45, 7) is 7.17. The normalized spacial score (nSPS) is 18.6. The van der Waals surface area contributed by atoms with Crippen LogP contribution in [0.4, 0.5) is 0 Å². The van der Waals surface area contributed by atoms with Crippen molar-refractivity contribution in [3.05, 3.63) is 0 Å². The second-order valence-corrected chi connectivity index (χ2v) is 8.48. The molecule has 0 spiro atoms. The van der Waals surface area contributed by atoms with Gasteiger partial charge in [-0.25, -0.2) is 0 Å². The summed E-state index contributed by atoms with van der Waals surface area (Å²) in [5, 5.41) is 30.5. The van der Waals surface area contributed by atoms with Crippen LogP contribution >= 0.6 is 0 Å². The van der Waals surface area contributed by atoms with Crippen molar-refractivity contribution in [2.24, 2.45) is 5.92 Å². The number of hydrogen-bond donors (Lipinski definition) is 4. The lowest BCUT2D eigenvalue weighted by molar-refractivity contribution is -0.140. The van der Waals surface area contributed by atoms with Crippen molar-refractivity contribution >= 4 is 23.8 Å². The number of carboxylic acids is 3. The van der Waals surface area contributed by atoms with Crippen molar-refractivity contribution in [2.75, 3.05) is 85.1 Å². The Morgan fingerprint density at radius 1 is 0.625 bits per heavy atom. The first-order valence-corrected chi connectivity index (χ1v) is 10.9. The van der Waals surface area contributed by atoms with E-state index in [1.165, 1.54) is 0 Å². The Morgan fingerprint density at radius 2 is 0.906 bits per heavy atom. The second kappa shape index (κ2) is 14.7. The number of carbonyl (C=O) groups is 4. The Labute approximate surface area is 188 Å². The maximum atomic E-state index is 12.3. The summed E-state index contributed by atoms with van der Waals surface area (Å²) in [7, 11) is 0. The van der Waals surface area contributed by atoms with E-state index in [9.17, 15) is 34.5 Å². The first kappa shape index (κ1) is 27.8. The van der Waals surface area contributed by atoms with E-state index in [-0.39, 0.29) is 32.1 Å². The van der Waals surface area contributed by atoms with Gasteiger partial charge in [0.05, 0.1) is 26.2 Å². The minimum Gasteiger partial charge on any atom is -0.480 e. The van der Waals surface area contributed by atoms with Crippen LogP contribution in [0.5, 0.6) is 0 Å². The van der Waals surface area contributed by atoms with Crippen LogP contribution in [0.2, 0.25) is 0 Å². The van der Waals surface area contributed by atoms with E-state index in [1.54, 1.807) is 14.7 Å². The average Bonchev–Trinajstić information content (AvgIpc) is 2.67. The molecule has 0 unspecified atom stereocenters. The van der Waals surface area contributed by atoms with Crippen molar-refractivity contribution in [1.29, 1.82) is 0 Å². The van der Waals surface area contributed by atoms with Gasteiger partial charge >= 0.3 is 17.9 Å². The summed E-state index contributed by atoms with van der Waals surface area (Å²) < 4.78 is 0. The molecule has 1 saturated heterocycles. The fourth-order valence-electron chi connectivity index (χ4n) is 3.36. The number of carboxylic acid groups (broad SMARTS) is 3. The van der Waals surface area contributed by atoms with Gasteiger partial charge in [-0.05, 0) is 5.92 Å². The minimum absolute atomic E-state index is 0.131. The molecule has 12 nitrogen and oxygen atoms in total. The number of nitrogens with one attached hydrogen (secondary N) is 1. The van der Waals surface area contributed by atoms with Gasteiger partial charge in [0.1, 0.15) is 0 Å². The van der Waals surface area contributed by atoms with E-state index in [1.807, 2.05) is 18.7 Å². The predicted molar refractivity (Wildman–Crippen MR) is 117 cm³/mol. The van der Waals surface area contributed by atoms with Crippen molar-refractivity contribution < 1.29 is 34.5 Å². The Morgan fingerprint density at radius 3 is 1.16 bits per heavy atom. The molecule has 1 aliphatic rings. The van der Waals surface area contributed by atoms with Gasteiger partial charge in [-0.3, -0.25) is 38.8 Å². The molecule has 12 heteroatoms. The largest absolute Gasteiger partial charge is 0.480 e. The lowest BCUT2D eigenvalue weighted by atomic mass is 10.2. The molecular weight excluding hydrogens is 422 g/mol. The van der Waals surface area contributed by atoms with Crippen LogP contribution in [-0.4, -0.2) is 144 Å². The first-order valence-electron chi connectivity index (χ1n) is 10.9. The van der Waals surface area contributed by atoms with E-state index in [0.717, 1.165) is 0 Å². The van der Waals surface area contributed by atoms with Crippen LogP contribution < -0.4 is 5.32 Å². The smallest absolute Gasteiger partial charge is 0.317 e. The van der Waals surface area contributed by atoms with Crippen molar-refractivity contribution in [3.8, 4) is 0 Å². The number of aliphatic carboxylic acids is 3. The third-order valence-electron chi connectivity index (χ3n) is 5.08. The molecule has 184 valence electrons. The molecule has 1 amide bonds. The molecule has 32 heavy (non-hydrogen) atoms. The third-order valence-corrected chi connectivity index (χ3v) is 5.08. The summed E-state index contributed by atoms with van der Waals surface area (Å²) >= 11 is 0. The SMILES string of the molecule is CC(C)CNC(=O)CN1CCN(CC(=O)O)CCN(CC(=O)O)CCN(CC(=O)O)CC1. The van der Waals surface area contributed by atoms with Gasteiger partial charge in [0, 0.05) is 58.9 Å². The summed E-state index contributed by atoms with van der Waals surface area (Å²) in [4.78, 5) is 53.1. The minimum atomic E-state index is -0.995. The average molecular weight is 460 g/mol.